The number of hydrogen-bond donors (Lipinski definition) is 2. The molecule has 0 aliphatic carbocycles. The van der Waals surface area contributed by atoms with Crippen molar-refractivity contribution in [3.8, 4) is 5.75 Å². The SMILES string of the molecule is CC1CC(CNC(=O)c2cccc(O)c2)CN1Cc1ccccc1. The molecular weight excluding hydrogens is 300 g/mol. The summed E-state index contributed by atoms with van der Waals surface area (Å²) in [5.41, 5.74) is 1.83. The van der Waals surface area contributed by atoms with Gasteiger partial charge in [-0.2, -0.15) is 0 Å². The molecule has 1 aliphatic rings. The summed E-state index contributed by atoms with van der Waals surface area (Å²) in [6, 6.07) is 17.5. The zero-order chi connectivity index (χ0) is 16.9. The highest BCUT2D eigenvalue weighted by atomic mass is 16.3. The Morgan fingerprint density at radius 3 is 2.75 bits per heavy atom. The Balaban J connectivity index is 1.51. The number of rotatable bonds is 5. The fraction of sp³-hybridized carbons (Fsp3) is 0.350. The molecule has 2 atom stereocenters. The number of carbonyl (C=O) groups excluding carboxylic acids is 1. The molecule has 24 heavy (non-hydrogen) atoms. The highest BCUT2D eigenvalue weighted by Crippen LogP contribution is 2.24. The molecule has 0 aromatic heterocycles. The number of nitrogens with zero attached hydrogens (tertiary/aromatic N) is 1. The summed E-state index contributed by atoms with van der Waals surface area (Å²) in [7, 11) is 0. The number of carbonyl (C=O) groups is 1. The van der Waals surface area contributed by atoms with Crippen LogP contribution in [0, 0.1) is 5.92 Å². The van der Waals surface area contributed by atoms with Gasteiger partial charge in [-0.05, 0) is 43.0 Å². The molecule has 2 aromatic carbocycles. The van der Waals surface area contributed by atoms with E-state index in [1.54, 1.807) is 18.2 Å². The second-order valence-corrected chi connectivity index (χ2v) is 6.63. The molecule has 0 spiro atoms. The van der Waals surface area contributed by atoms with Crippen LogP contribution in [-0.4, -0.2) is 35.0 Å². The van der Waals surface area contributed by atoms with Gasteiger partial charge in [0.15, 0.2) is 0 Å². The van der Waals surface area contributed by atoms with Crippen LogP contribution in [0.4, 0.5) is 0 Å². The summed E-state index contributed by atoms with van der Waals surface area (Å²) < 4.78 is 0. The van der Waals surface area contributed by atoms with Gasteiger partial charge in [-0.15, -0.1) is 0 Å². The average Bonchev–Trinajstić information content (AvgIpc) is 2.93. The van der Waals surface area contributed by atoms with Crippen LogP contribution in [-0.2, 0) is 6.54 Å². The van der Waals surface area contributed by atoms with Gasteiger partial charge in [0.2, 0.25) is 0 Å². The van der Waals surface area contributed by atoms with E-state index >= 15 is 0 Å². The van der Waals surface area contributed by atoms with Crippen molar-refractivity contribution in [3.05, 3.63) is 65.7 Å². The molecule has 4 nitrogen and oxygen atoms in total. The maximum atomic E-state index is 12.2. The zero-order valence-electron chi connectivity index (χ0n) is 14.0. The van der Waals surface area contributed by atoms with Gasteiger partial charge in [-0.25, -0.2) is 0 Å². The van der Waals surface area contributed by atoms with E-state index in [0.29, 0.717) is 24.1 Å². The third-order valence-corrected chi connectivity index (χ3v) is 4.68. The van der Waals surface area contributed by atoms with Crippen molar-refractivity contribution < 1.29 is 9.90 Å². The molecular formula is C20H24N2O2. The van der Waals surface area contributed by atoms with Gasteiger partial charge < -0.3 is 10.4 Å². The van der Waals surface area contributed by atoms with Crippen LogP contribution in [0.2, 0.25) is 0 Å². The maximum absolute atomic E-state index is 12.2. The van der Waals surface area contributed by atoms with Crippen LogP contribution in [0.25, 0.3) is 0 Å². The molecule has 2 aromatic rings. The second kappa shape index (κ2) is 7.49. The van der Waals surface area contributed by atoms with Gasteiger partial charge in [0.1, 0.15) is 5.75 Å². The van der Waals surface area contributed by atoms with E-state index < -0.39 is 0 Å². The van der Waals surface area contributed by atoms with Crippen LogP contribution in [0.15, 0.2) is 54.6 Å². The molecule has 126 valence electrons. The average molecular weight is 324 g/mol. The number of likely N-dealkylation sites (tertiary alicyclic amines) is 1. The molecule has 2 unspecified atom stereocenters. The first-order valence-electron chi connectivity index (χ1n) is 8.47. The fourth-order valence-electron chi connectivity index (χ4n) is 3.39. The Morgan fingerprint density at radius 1 is 1.21 bits per heavy atom. The normalized spacial score (nSPS) is 20.9. The third kappa shape index (κ3) is 4.15. The van der Waals surface area contributed by atoms with E-state index in [0.717, 1.165) is 19.5 Å². The Kier molecular flexibility index (Phi) is 5.16. The summed E-state index contributed by atoms with van der Waals surface area (Å²) in [6.07, 6.45) is 1.09. The highest BCUT2D eigenvalue weighted by molar-refractivity contribution is 5.94. The summed E-state index contributed by atoms with van der Waals surface area (Å²) in [5.74, 6) is 0.455. The number of hydrogen-bond acceptors (Lipinski definition) is 3. The number of amides is 1. The first kappa shape index (κ1) is 16.5. The monoisotopic (exact) mass is 324 g/mol. The molecule has 0 bridgehead atoms. The van der Waals surface area contributed by atoms with E-state index in [9.17, 15) is 9.90 Å². The Hall–Kier alpha value is -2.33. The molecule has 1 heterocycles. The van der Waals surface area contributed by atoms with Crippen LogP contribution >= 0.6 is 0 Å². The van der Waals surface area contributed by atoms with Crippen LogP contribution in [0.3, 0.4) is 0 Å². The quantitative estimate of drug-likeness (QED) is 0.889. The van der Waals surface area contributed by atoms with E-state index in [4.69, 9.17) is 0 Å². The topological polar surface area (TPSA) is 52.6 Å². The fourth-order valence-corrected chi connectivity index (χ4v) is 3.39. The van der Waals surface area contributed by atoms with Gasteiger partial charge >= 0.3 is 0 Å². The molecule has 1 fully saturated rings. The molecule has 3 rings (SSSR count). The van der Waals surface area contributed by atoms with Gasteiger partial charge in [0.05, 0.1) is 0 Å². The minimum Gasteiger partial charge on any atom is -0.508 e. The number of benzene rings is 2. The summed E-state index contributed by atoms with van der Waals surface area (Å²) in [6.45, 7) is 4.87. The van der Waals surface area contributed by atoms with E-state index in [2.05, 4.69) is 41.4 Å². The Morgan fingerprint density at radius 2 is 2.00 bits per heavy atom. The third-order valence-electron chi connectivity index (χ3n) is 4.68. The van der Waals surface area contributed by atoms with Crippen molar-refractivity contribution >= 4 is 5.91 Å². The van der Waals surface area contributed by atoms with Crippen LogP contribution in [0.5, 0.6) is 5.75 Å². The molecule has 1 amide bonds. The summed E-state index contributed by atoms with van der Waals surface area (Å²) in [5, 5.41) is 12.5. The lowest BCUT2D eigenvalue weighted by Crippen LogP contribution is -2.31. The molecule has 2 N–H and O–H groups in total. The van der Waals surface area contributed by atoms with Crippen molar-refractivity contribution in [2.45, 2.75) is 25.9 Å². The molecule has 0 saturated carbocycles. The molecule has 4 heteroatoms. The Labute approximate surface area is 143 Å². The highest BCUT2D eigenvalue weighted by Gasteiger charge is 2.29. The van der Waals surface area contributed by atoms with Crippen molar-refractivity contribution in [2.24, 2.45) is 5.92 Å². The summed E-state index contributed by atoms with van der Waals surface area (Å²) in [4.78, 5) is 14.6. The lowest BCUT2D eigenvalue weighted by atomic mass is 10.1. The van der Waals surface area contributed by atoms with Gasteiger partial charge in [-0.1, -0.05) is 36.4 Å². The van der Waals surface area contributed by atoms with Crippen LogP contribution in [0.1, 0.15) is 29.3 Å². The lowest BCUT2D eigenvalue weighted by Gasteiger charge is -2.21. The van der Waals surface area contributed by atoms with E-state index in [1.165, 1.54) is 11.6 Å². The predicted octanol–water partition coefficient (Wildman–Crippen LogP) is 3.03. The predicted molar refractivity (Wildman–Crippen MR) is 94.9 cm³/mol. The summed E-state index contributed by atoms with van der Waals surface area (Å²) >= 11 is 0. The minimum absolute atomic E-state index is 0.117. The molecule has 1 aliphatic heterocycles. The van der Waals surface area contributed by atoms with Crippen molar-refractivity contribution in [1.82, 2.24) is 10.2 Å². The number of nitrogens with one attached hydrogen (secondary N) is 1. The van der Waals surface area contributed by atoms with Crippen molar-refractivity contribution in [2.75, 3.05) is 13.1 Å². The van der Waals surface area contributed by atoms with Crippen molar-refractivity contribution in [3.63, 3.8) is 0 Å². The minimum atomic E-state index is -0.125. The van der Waals surface area contributed by atoms with Gasteiger partial charge in [-0.3, -0.25) is 9.69 Å². The largest absolute Gasteiger partial charge is 0.508 e. The first-order valence-corrected chi connectivity index (χ1v) is 8.47. The first-order chi connectivity index (χ1) is 11.6. The second-order valence-electron chi connectivity index (χ2n) is 6.63. The molecule has 1 saturated heterocycles. The van der Waals surface area contributed by atoms with E-state index in [-0.39, 0.29) is 11.7 Å². The smallest absolute Gasteiger partial charge is 0.251 e. The zero-order valence-corrected chi connectivity index (χ0v) is 14.0. The number of phenolic OH excluding ortho intramolecular Hbond substituents is 1. The Bertz CT molecular complexity index is 687. The number of phenols is 1. The van der Waals surface area contributed by atoms with Gasteiger partial charge in [0, 0.05) is 31.2 Å². The molecule has 0 radical (unpaired) electrons. The standard InChI is InChI=1S/C20H24N2O2/c1-15-10-17(14-22(15)13-16-6-3-2-4-7-16)12-21-20(24)18-8-5-9-19(23)11-18/h2-9,11,15,17,23H,10,12-14H2,1H3,(H,21,24). The van der Waals surface area contributed by atoms with Gasteiger partial charge in [0.25, 0.3) is 5.91 Å². The lowest BCUT2D eigenvalue weighted by molar-refractivity contribution is 0.0947. The number of aromatic hydroxyl groups is 1. The van der Waals surface area contributed by atoms with Crippen molar-refractivity contribution in [1.29, 1.82) is 0 Å². The van der Waals surface area contributed by atoms with Crippen LogP contribution < -0.4 is 5.32 Å². The maximum Gasteiger partial charge on any atom is 0.251 e. The van der Waals surface area contributed by atoms with E-state index in [1.807, 2.05) is 6.07 Å².